The summed E-state index contributed by atoms with van der Waals surface area (Å²) >= 11 is 0. The normalized spacial score (nSPS) is 10.0. The van der Waals surface area contributed by atoms with Crippen molar-refractivity contribution >= 4 is 17.3 Å². The summed E-state index contributed by atoms with van der Waals surface area (Å²) in [6.45, 7) is 0. The maximum absolute atomic E-state index is 12.4. The SMILES string of the molecule is COc1ccc(C(=O)N(C)c2ccccc2)c(N)c1. The van der Waals surface area contributed by atoms with Crippen LogP contribution < -0.4 is 15.4 Å². The van der Waals surface area contributed by atoms with Gasteiger partial charge in [0, 0.05) is 24.5 Å². The number of hydrogen-bond acceptors (Lipinski definition) is 3. The van der Waals surface area contributed by atoms with Crippen molar-refractivity contribution in [1.29, 1.82) is 0 Å². The standard InChI is InChI=1S/C15H16N2O2/c1-17(11-6-4-3-5-7-11)15(18)13-9-8-12(19-2)10-14(13)16/h3-10H,16H2,1-2H3. The molecule has 2 aromatic rings. The summed E-state index contributed by atoms with van der Waals surface area (Å²) < 4.78 is 5.07. The van der Waals surface area contributed by atoms with Crippen LogP contribution in [0.4, 0.5) is 11.4 Å². The predicted octanol–water partition coefficient (Wildman–Crippen LogP) is 2.55. The van der Waals surface area contributed by atoms with Gasteiger partial charge in [0.1, 0.15) is 5.75 Å². The second-order valence-electron chi connectivity index (χ2n) is 4.15. The lowest BCUT2D eigenvalue weighted by atomic mass is 10.1. The van der Waals surface area contributed by atoms with Crippen molar-refractivity contribution in [3.63, 3.8) is 0 Å². The van der Waals surface area contributed by atoms with Crippen molar-refractivity contribution in [2.75, 3.05) is 24.8 Å². The van der Waals surface area contributed by atoms with Crippen LogP contribution in [0, 0.1) is 0 Å². The van der Waals surface area contributed by atoms with Crippen LogP contribution in [0.5, 0.6) is 5.75 Å². The fourth-order valence-corrected chi connectivity index (χ4v) is 1.81. The first-order valence-electron chi connectivity index (χ1n) is 5.90. The molecule has 0 heterocycles. The van der Waals surface area contributed by atoms with E-state index in [1.54, 1.807) is 37.3 Å². The fraction of sp³-hybridized carbons (Fsp3) is 0.133. The number of benzene rings is 2. The van der Waals surface area contributed by atoms with Crippen LogP contribution in [0.25, 0.3) is 0 Å². The van der Waals surface area contributed by atoms with Crippen molar-refractivity contribution < 1.29 is 9.53 Å². The number of amides is 1. The molecule has 1 amide bonds. The van der Waals surface area contributed by atoms with Gasteiger partial charge in [0.05, 0.1) is 12.7 Å². The first kappa shape index (κ1) is 13.0. The predicted molar refractivity (Wildman–Crippen MR) is 76.6 cm³/mol. The Balaban J connectivity index is 2.29. The van der Waals surface area contributed by atoms with Crippen molar-refractivity contribution in [3.8, 4) is 5.75 Å². The Kier molecular flexibility index (Phi) is 3.71. The van der Waals surface area contributed by atoms with E-state index in [2.05, 4.69) is 0 Å². The molecule has 2 rings (SSSR count). The highest BCUT2D eigenvalue weighted by Gasteiger charge is 2.16. The average molecular weight is 256 g/mol. The third-order valence-corrected chi connectivity index (χ3v) is 2.94. The van der Waals surface area contributed by atoms with Crippen LogP contribution in [-0.2, 0) is 0 Å². The molecular weight excluding hydrogens is 240 g/mol. The highest BCUT2D eigenvalue weighted by atomic mass is 16.5. The molecule has 2 aromatic carbocycles. The zero-order valence-electron chi connectivity index (χ0n) is 11.0. The Morgan fingerprint density at radius 3 is 2.42 bits per heavy atom. The van der Waals surface area contributed by atoms with Crippen LogP contribution in [0.1, 0.15) is 10.4 Å². The molecule has 0 bridgehead atoms. The van der Waals surface area contributed by atoms with Gasteiger partial charge in [0.15, 0.2) is 0 Å². The number of anilines is 2. The fourth-order valence-electron chi connectivity index (χ4n) is 1.81. The van der Waals surface area contributed by atoms with E-state index in [1.165, 1.54) is 0 Å². The summed E-state index contributed by atoms with van der Waals surface area (Å²) in [6, 6.07) is 14.5. The third kappa shape index (κ3) is 2.68. The van der Waals surface area contributed by atoms with Gasteiger partial charge in [-0.2, -0.15) is 0 Å². The van der Waals surface area contributed by atoms with Gasteiger partial charge in [-0.25, -0.2) is 0 Å². The van der Waals surface area contributed by atoms with E-state index in [0.717, 1.165) is 5.69 Å². The van der Waals surface area contributed by atoms with Gasteiger partial charge in [-0.05, 0) is 24.3 Å². The van der Waals surface area contributed by atoms with Crippen LogP contribution >= 0.6 is 0 Å². The molecular formula is C15H16N2O2. The summed E-state index contributed by atoms with van der Waals surface area (Å²) in [5.74, 6) is 0.489. The molecule has 0 saturated carbocycles. The smallest absolute Gasteiger partial charge is 0.260 e. The quantitative estimate of drug-likeness (QED) is 0.859. The molecule has 0 unspecified atom stereocenters. The second-order valence-corrected chi connectivity index (χ2v) is 4.15. The lowest BCUT2D eigenvalue weighted by Crippen LogP contribution is -2.26. The summed E-state index contributed by atoms with van der Waals surface area (Å²) in [6.07, 6.45) is 0. The number of methoxy groups -OCH3 is 1. The Hall–Kier alpha value is -2.49. The molecule has 0 atom stereocenters. The van der Waals surface area contributed by atoms with E-state index in [4.69, 9.17) is 10.5 Å². The summed E-state index contributed by atoms with van der Waals surface area (Å²) in [4.78, 5) is 13.9. The van der Waals surface area contributed by atoms with E-state index in [-0.39, 0.29) is 5.91 Å². The van der Waals surface area contributed by atoms with Crippen LogP contribution in [0.3, 0.4) is 0 Å². The summed E-state index contributed by atoms with van der Waals surface area (Å²) in [5, 5.41) is 0. The Morgan fingerprint density at radius 2 is 1.84 bits per heavy atom. The number of rotatable bonds is 3. The minimum Gasteiger partial charge on any atom is -0.497 e. The maximum Gasteiger partial charge on any atom is 0.260 e. The lowest BCUT2D eigenvalue weighted by molar-refractivity contribution is 0.0994. The summed E-state index contributed by atoms with van der Waals surface area (Å²) in [5.41, 5.74) is 7.58. The van der Waals surface area contributed by atoms with E-state index >= 15 is 0 Å². The molecule has 4 heteroatoms. The number of carbonyl (C=O) groups is 1. The Bertz CT molecular complexity index is 582. The van der Waals surface area contributed by atoms with Crippen LogP contribution in [-0.4, -0.2) is 20.1 Å². The highest BCUT2D eigenvalue weighted by Crippen LogP contribution is 2.22. The summed E-state index contributed by atoms with van der Waals surface area (Å²) in [7, 11) is 3.29. The number of nitrogens with two attached hydrogens (primary N) is 1. The van der Waals surface area contributed by atoms with E-state index < -0.39 is 0 Å². The number of carbonyl (C=O) groups excluding carboxylic acids is 1. The van der Waals surface area contributed by atoms with Gasteiger partial charge in [0.2, 0.25) is 0 Å². The minimum atomic E-state index is -0.147. The molecule has 0 saturated heterocycles. The lowest BCUT2D eigenvalue weighted by Gasteiger charge is -2.18. The number of nitrogens with zero attached hydrogens (tertiary/aromatic N) is 1. The van der Waals surface area contributed by atoms with Gasteiger partial charge in [-0.3, -0.25) is 4.79 Å². The van der Waals surface area contributed by atoms with Gasteiger partial charge < -0.3 is 15.4 Å². The largest absolute Gasteiger partial charge is 0.497 e. The number of para-hydroxylation sites is 1. The van der Waals surface area contributed by atoms with E-state index in [1.807, 2.05) is 30.3 Å². The van der Waals surface area contributed by atoms with Crippen molar-refractivity contribution in [2.45, 2.75) is 0 Å². The second kappa shape index (κ2) is 5.44. The Labute approximate surface area is 112 Å². The van der Waals surface area contributed by atoms with Crippen molar-refractivity contribution in [3.05, 3.63) is 54.1 Å². The molecule has 0 aliphatic rings. The molecule has 4 nitrogen and oxygen atoms in total. The third-order valence-electron chi connectivity index (χ3n) is 2.94. The highest BCUT2D eigenvalue weighted by molar-refractivity contribution is 6.09. The molecule has 98 valence electrons. The van der Waals surface area contributed by atoms with E-state index in [9.17, 15) is 4.79 Å². The number of nitrogen functional groups attached to an aromatic ring is 1. The molecule has 0 aromatic heterocycles. The van der Waals surface area contributed by atoms with Gasteiger partial charge >= 0.3 is 0 Å². The first-order chi connectivity index (χ1) is 9.13. The van der Waals surface area contributed by atoms with Crippen LogP contribution in [0.15, 0.2) is 48.5 Å². The molecule has 19 heavy (non-hydrogen) atoms. The Morgan fingerprint density at radius 1 is 1.16 bits per heavy atom. The number of hydrogen-bond donors (Lipinski definition) is 1. The molecule has 0 spiro atoms. The molecule has 0 fully saturated rings. The molecule has 0 radical (unpaired) electrons. The van der Waals surface area contributed by atoms with Gasteiger partial charge in [0.25, 0.3) is 5.91 Å². The molecule has 2 N–H and O–H groups in total. The maximum atomic E-state index is 12.4. The number of ether oxygens (including phenoxy) is 1. The van der Waals surface area contributed by atoms with Crippen molar-refractivity contribution in [2.24, 2.45) is 0 Å². The van der Waals surface area contributed by atoms with Crippen molar-refractivity contribution in [1.82, 2.24) is 0 Å². The molecule has 0 aliphatic heterocycles. The zero-order valence-corrected chi connectivity index (χ0v) is 11.0. The molecule has 0 aliphatic carbocycles. The monoisotopic (exact) mass is 256 g/mol. The zero-order chi connectivity index (χ0) is 13.8. The van der Waals surface area contributed by atoms with Gasteiger partial charge in [-0.15, -0.1) is 0 Å². The average Bonchev–Trinajstić information content (AvgIpc) is 2.46. The minimum absolute atomic E-state index is 0.147. The van der Waals surface area contributed by atoms with E-state index in [0.29, 0.717) is 17.0 Å². The van der Waals surface area contributed by atoms with Gasteiger partial charge in [-0.1, -0.05) is 18.2 Å². The first-order valence-corrected chi connectivity index (χ1v) is 5.90. The van der Waals surface area contributed by atoms with Crippen LogP contribution in [0.2, 0.25) is 0 Å². The topological polar surface area (TPSA) is 55.6 Å².